The number of nitrogens with one attached hydrogen (secondary N) is 1. The van der Waals surface area contributed by atoms with Gasteiger partial charge in [-0.3, -0.25) is 9.69 Å². The average molecular weight is 734 g/mol. The molecule has 3 saturated heterocycles. The lowest BCUT2D eigenvalue weighted by Gasteiger charge is -2.59. The molecule has 1 saturated carbocycles. The molecule has 2 bridgehead atoms. The number of aryl methyl sites for hydroxylation is 1. The highest BCUT2D eigenvalue weighted by atomic mass is 32.2. The minimum Gasteiger partial charge on any atom is -0.490 e. The molecular weight excluding hydrogens is 679 g/mol. The van der Waals surface area contributed by atoms with E-state index < -0.39 is 15.9 Å². The maximum absolute atomic E-state index is 13.5. The number of carbonyl (C=O) groups is 1. The van der Waals surface area contributed by atoms with Crippen LogP contribution >= 0.6 is 0 Å². The van der Waals surface area contributed by atoms with Gasteiger partial charge in [0, 0.05) is 47.5 Å². The smallest absolute Gasteiger partial charge is 0.264 e. The number of fused-ring (bicyclic) bond motifs is 4. The molecule has 0 radical (unpaired) electrons. The molecule has 4 unspecified atom stereocenters. The molecule has 2 aromatic rings. The normalized spacial score (nSPS) is 35.4. The van der Waals surface area contributed by atoms with Crippen molar-refractivity contribution in [1.29, 1.82) is 0 Å². The van der Waals surface area contributed by atoms with E-state index in [0.717, 1.165) is 95.7 Å². The topological polar surface area (TPSA) is 107 Å². The van der Waals surface area contributed by atoms with Gasteiger partial charge in [-0.25, -0.2) is 13.1 Å². The second kappa shape index (κ2) is 13.3. The van der Waals surface area contributed by atoms with Gasteiger partial charge in [0.1, 0.15) is 5.75 Å². The van der Waals surface area contributed by atoms with Gasteiger partial charge < -0.3 is 23.8 Å². The van der Waals surface area contributed by atoms with Crippen LogP contribution in [0.15, 0.2) is 42.5 Å². The van der Waals surface area contributed by atoms with Crippen LogP contribution in [0.3, 0.4) is 0 Å². The predicted molar refractivity (Wildman–Crippen MR) is 198 cm³/mol. The maximum Gasteiger partial charge on any atom is 0.264 e. The van der Waals surface area contributed by atoms with E-state index in [9.17, 15) is 13.2 Å². The standard InChI is InChI=1S/C41H55N3O7S/c1-39(2)34-15-14-31(34)32(38-49-20-30(21-50-38)43-22-40(23-43)25-48-26-40)11-4-3-7-18-52(46,47)42-37(45)29-13-16-36-35(19-29)44(39)24-41(27-51-36)17-8-10-28-9-5-6-12-33(28)41/h5-6,9,12-13,16,19,30-32,34,38H,3-4,7-8,10-11,14-15,17-18,20-27H2,1-2H3,(H,42,45)/t30-,31?,32?,34?,38+,41?. The van der Waals surface area contributed by atoms with Crippen molar-refractivity contribution in [2.75, 3.05) is 63.3 Å². The van der Waals surface area contributed by atoms with E-state index in [1.165, 1.54) is 11.1 Å². The second-order valence-corrected chi connectivity index (χ2v) is 19.5. The Hall–Kier alpha value is -2.70. The Morgan fingerprint density at radius 2 is 1.67 bits per heavy atom. The summed E-state index contributed by atoms with van der Waals surface area (Å²) in [5.41, 5.74) is 3.77. The Kier molecular flexibility index (Phi) is 8.93. The Morgan fingerprint density at radius 1 is 0.865 bits per heavy atom. The quantitative estimate of drug-likeness (QED) is 0.441. The fourth-order valence-electron chi connectivity index (χ4n) is 10.9. The molecule has 0 aromatic heterocycles. The zero-order valence-electron chi connectivity index (χ0n) is 30.8. The van der Waals surface area contributed by atoms with Gasteiger partial charge in [-0.15, -0.1) is 0 Å². The zero-order chi connectivity index (χ0) is 35.7. The fourth-order valence-corrected chi connectivity index (χ4v) is 11.9. The van der Waals surface area contributed by atoms with Crippen molar-refractivity contribution in [3.63, 3.8) is 0 Å². The number of nitrogens with zero attached hydrogens (tertiary/aromatic N) is 2. The first-order chi connectivity index (χ1) is 25.0. The van der Waals surface area contributed by atoms with Crippen molar-refractivity contribution < 1.29 is 32.2 Å². The summed E-state index contributed by atoms with van der Waals surface area (Å²) in [5.74, 6) is 1.04. The minimum absolute atomic E-state index is 0.0783. The number of hydrogen-bond acceptors (Lipinski definition) is 9. The fraction of sp³-hybridized carbons (Fsp3) is 0.683. The van der Waals surface area contributed by atoms with Crippen LogP contribution in [0.1, 0.15) is 86.7 Å². The molecule has 2 aliphatic carbocycles. The molecule has 4 atom stereocenters. The van der Waals surface area contributed by atoms with Crippen LogP contribution in [-0.2, 0) is 36.1 Å². The predicted octanol–water partition coefficient (Wildman–Crippen LogP) is 5.29. The molecule has 10 nitrogen and oxygen atoms in total. The number of anilines is 1. The molecule has 7 aliphatic rings. The van der Waals surface area contributed by atoms with E-state index in [2.05, 4.69) is 52.6 Å². The Balaban J connectivity index is 1.05. The van der Waals surface area contributed by atoms with Crippen LogP contribution in [0.2, 0.25) is 0 Å². The van der Waals surface area contributed by atoms with Gasteiger partial charge >= 0.3 is 0 Å². The highest BCUT2D eigenvalue weighted by Crippen LogP contribution is 2.54. The van der Waals surface area contributed by atoms with Gasteiger partial charge in [-0.2, -0.15) is 0 Å². The summed E-state index contributed by atoms with van der Waals surface area (Å²) in [5, 5.41) is 0. The number of benzene rings is 2. The number of carbonyl (C=O) groups excluding carboxylic acids is 1. The lowest BCUT2D eigenvalue weighted by molar-refractivity contribution is -0.269. The number of hydrogen-bond donors (Lipinski definition) is 1. The molecule has 9 rings (SSSR count). The summed E-state index contributed by atoms with van der Waals surface area (Å²) < 4.78 is 54.2. The molecule has 2 spiro atoms. The molecule has 2 aromatic carbocycles. The number of sulfonamides is 1. The summed E-state index contributed by atoms with van der Waals surface area (Å²) in [4.78, 5) is 18.5. The first-order valence-electron chi connectivity index (χ1n) is 19.8. The molecule has 282 valence electrons. The summed E-state index contributed by atoms with van der Waals surface area (Å²) in [6.07, 6.45) is 8.20. The third kappa shape index (κ3) is 6.16. The minimum atomic E-state index is -3.79. The van der Waals surface area contributed by atoms with E-state index in [-0.39, 0.29) is 35.0 Å². The lowest BCUT2D eigenvalue weighted by atomic mass is 9.58. The molecule has 4 fully saturated rings. The van der Waals surface area contributed by atoms with E-state index in [1.54, 1.807) is 6.07 Å². The maximum atomic E-state index is 13.5. The van der Waals surface area contributed by atoms with Gasteiger partial charge in [0.15, 0.2) is 6.29 Å². The first kappa shape index (κ1) is 35.0. The van der Waals surface area contributed by atoms with E-state index in [0.29, 0.717) is 49.1 Å². The average Bonchev–Trinajstić information content (AvgIpc) is 3.23. The third-order valence-electron chi connectivity index (χ3n) is 14.0. The summed E-state index contributed by atoms with van der Waals surface area (Å²) in [6.45, 7) is 11.3. The number of rotatable bonds is 2. The van der Waals surface area contributed by atoms with Crippen LogP contribution < -0.4 is 14.4 Å². The lowest BCUT2D eigenvalue weighted by Crippen LogP contribution is -2.70. The number of amides is 1. The molecule has 1 amide bonds. The van der Waals surface area contributed by atoms with Gasteiger partial charge in [-0.1, -0.05) is 37.1 Å². The molecule has 11 heteroatoms. The summed E-state index contributed by atoms with van der Waals surface area (Å²) in [7, 11) is -3.79. The summed E-state index contributed by atoms with van der Waals surface area (Å²) >= 11 is 0. The largest absolute Gasteiger partial charge is 0.490 e. The van der Waals surface area contributed by atoms with E-state index in [4.69, 9.17) is 18.9 Å². The van der Waals surface area contributed by atoms with Crippen LogP contribution in [-0.4, -0.2) is 95.5 Å². The molecule has 5 aliphatic heterocycles. The SMILES string of the molecule is CC1(C)C2CCC2C([C@H]2OC[C@@H](N3CC4(COC4)C3)CO2)CCCCCS(=O)(=O)NC(=O)c2ccc3c(c2)N1CC1(CCCc2ccccc21)CO3. The van der Waals surface area contributed by atoms with Crippen LogP contribution in [0, 0.1) is 23.2 Å². The Bertz CT molecular complexity index is 1780. The van der Waals surface area contributed by atoms with Crippen LogP contribution in [0.4, 0.5) is 5.69 Å². The van der Waals surface area contributed by atoms with Crippen molar-refractivity contribution in [2.24, 2.45) is 23.2 Å². The highest BCUT2D eigenvalue weighted by molar-refractivity contribution is 7.90. The molecule has 5 heterocycles. The Labute approximate surface area is 308 Å². The van der Waals surface area contributed by atoms with Crippen molar-refractivity contribution in [3.05, 3.63) is 59.2 Å². The van der Waals surface area contributed by atoms with Crippen molar-refractivity contribution >= 4 is 21.6 Å². The molecule has 1 N–H and O–H groups in total. The summed E-state index contributed by atoms with van der Waals surface area (Å²) in [6, 6.07) is 14.6. The monoisotopic (exact) mass is 733 g/mol. The van der Waals surface area contributed by atoms with Crippen molar-refractivity contribution in [3.8, 4) is 5.75 Å². The van der Waals surface area contributed by atoms with Gasteiger partial charge in [0.25, 0.3) is 5.91 Å². The van der Waals surface area contributed by atoms with Crippen molar-refractivity contribution in [1.82, 2.24) is 9.62 Å². The molecular formula is C41H55N3O7S. The van der Waals surface area contributed by atoms with E-state index >= 15 is 0 Å². The number of likely N-dealkylation sites (tertiary alicyclic amines) is 1. The van der Waals surface area contributed by atoms with E-state index in [1.807, 2.05) is 12.1 Å². The first-order valence-corrected chi connectivity index (χ1v) is 21.4. The van der Waals surface area contributed by atoms with Crippen molar-refractivity contribution in [2.45, 2.75) is 94.9 Å². The zero-order valence-corrected chi connectivity index (χ0v) is 31.6. The van der Waals surface area contributed by atoms with Gasteiger partial charge in [0.2, 0.25) is 10.0 Å². The van der Waals surface area contributed by atoms with Crippen LogP contribution in [0.5, 0.6) is 5.75 Å². The van der Waals surface area contributed by atoms with Crippen LogP contribution in [0.25, 0.3) is 0 Å². The molecule has 52 heavy (non-hydrogen) atoms. The Morgan fingerprint density at radius 3 is 2.42 bits per heavy atom. The second-order valence-electron chi connectivity index (χ2n) is 17.7. The van der Waals surface area contributed by atoms with Gasteiger partial charge in [0.05, 0.1) is 50.5 Å². The van der Waals surface area contributed by atoms with Gasteiger partial charge in [-0.05, 0) is 100.0 Å². The highest BCUT2D eigenvalue weighted by Gasteiger charge is 2.55. The number of ether oxygens (including phenoxy) is 4. The third-order valence-corrected chi connectivity index (χ3v) is 15.3.